The molecule has 7 N–H and O–H groups in total. The van der Waals surface area contributed by atoms with Crippen LogP contribution in [-0.2, 0) is 0 Å². The molecule has 1 aromatic carbocycles. The number of aliphatic hydroxyl groups excluding tert-OH is 4. The fourth-order valence-corrected chi connectivity index (χ4v) is 6.34. The molecule has 1 rings (SSSR count). The molecule has 0 aliphatic heterocycles. The zero-order chi connectivity index (χ0) is 20.9. The van der Waals surface area contributed by atoms with Crippen LogP contribution in [0.2, 0.25) is 0 Å². The molecule has 0 fully saturated rings. The third-order valence-electron chi connectivity index (χ3n) is 3.59. The minimum absolute atomic E-state index is 0.156. The van der Waals surface area contributed by atoms with Crippen molar-refractivity contribution in [1.82, 2.24) is 10.2 Å². The number of anilines is 1. The summed E-state index contributed by atoms with van der Waals surface area (Å²) in [5.41, 5.74) is 6.77. The van der Waals surface area contributed by atoms with Gasteiger partial charge >= 0.3 is 0 Å². The fraction of sp³-hybridized carbons (Fsp3) is 0.467. The number of nitrogen functional groups attached to an aromatic ring is 1. The summed E-state index contributed by atoms with van der Waals surface area (Å²) in [7, 11) is 1.46. The Morgan fingerprint density at radius 3 is 1.85 bits per heavy atom. The van der Waals surface area contributed by atoms with Gasteiger partial charge in [0.1, 0.15) is 0 Å². The summed E-state index contributed by atoms with van der Waals surface area (Å²) in [6, 6.07) is 0. The van der Waals surface area contributed by atoms with E-state index in [1.54, 1.807) is 0 Å². The maximum absolute atomic E-state index is 13.2. The van der Waals surface area contributed by atoms with Gasteiger partial charge in [0.05, 0.1) is 49.4 Å². The number of amides is 2. The summed E-state index contributed by atoms with van der Waals surface area (Å²) >= 11 is 5.73. The van der Waals surface area contributed by atoms with Crippen molar-refractivity contribution in [1.29, 1.82) is 0 Å². The van der Waals surface area contributed by atoms with Crippen LogP contribution in [0.1, 0.15) is 20.7 Å². The maximum atomic E-state index is 13.2. The van der Waals surface area contributed by atoms with E-state index < -0.39 is 37.2 Å². The number of nitrogens with zero attached hydrogens (tertiary/aromatic N) is 1. The van der Waals surface area contributed by atoms with Gasteiger partial charge in [-0.1, -0.05) is 0 Å². The molecule has 0 saturated carbocycles. The van der Waals surface area contributed by atoms with Crippen LogP contribution in [0.15, 0.2) is 0 Å². The van der Waals surface area contributed by atoms with Gasteiger partial charge in [-0.2, -0.15) is 0 Å². The summed E-state index contributed by atoms with van der Waals surface area (Å²) in [5.74, 6) is -0.990. The van der Waals surface area contributed by atoms with Gasteiger partial charge in [-0.15, -0.1) is 0 Å². The third kappa shape index (κ3) is 5.99. The van der Waals surface area contributed by atoms with Crippen molar-refractivity contribution in [2.24, 2.45) is 0 Å². The first-order valence-corrected chi connectivity index (χ1v) is 10.9. The van der Waals surface area contributed by atoms with Crippen LogP contribution in [0, 0.1) is 10.7 Å². The predicted molar refractivity (Wildman–Crippen MR) is 124 cm³/mol. The second-order valence-electron chi connectivity index (χ2n) is 5.57. The molecule has 0 radical (unpaired) electrons. The predicted octanol–water partition coefficient (Wildman–Crippen LogP) is -0.409. The lowest BCUT2D eigenvalue weighted by Gasteiger charge is -2.28. The molecule has 9 nitrogen and oxygen atoms in total. The lowest BCUT2D eigenvalue weighted by molar-refractivity contribution is 0.0209. The first-order chi connectivity index (χ1) is 12.6. The van der Waals surface area contributed by atoms with Gasteiger partial charge in [-0.3, -0.25) is 9.59 Å². The first kappa shape index (κ1) is 25.0. The largest absolute Gasteiger partial charge is 0.397 e. The monoisotopic (exact) mass is 719 g/mol. The summed E-state index contributed by atoms with van der Waals surface area (Å²) in [4.78, 5) is 26.5. The van der Waals surface area contributed by atoms with Crippen LogP contribution in [0.3, 0.4) is 0 Å². The van der Waals surface area contributed by atoms with Crippen molar-refractivity contribution in [2.45, 2.75) is 12.2 Å². The second kappa shape index (κ2) is 11.2. The van der Waals surface area contributed by atoms with Crippen LogP contribution < -0.4 is 11.1 Å². The molecule has 2 atom stereocenters. The standard InChI is InChI=1S/C15H20I3N3O6/c1-20-14(26)8-10(16)9(12(18)13(19)11(8)17)15(27)21(2-6(24)4-22)3-7(25)5-23/h6-7,22-25H,2-5,19H2,1H3,(H,20,26). The van der Waals surface area contributed by atoms with Crippen LogP contribution >= 0.6 is 67.8 Å². The van der Waals surface area contributed by atoms with E-state index in [0.29, 0.717) is 10.7 Å². The average molecular weight is 719 g/mol. The smallest absolute Gasteiger partial charge is 0.256 e. The van der Waals surface area contributed by atoms with E-state index in [-0.39, 0.29) is 29.9 Å². The van der Waals surface area contributed by atoms with Crippen LogP contribution in [0.4, 0.5) is 5.69 Å². The molecule has 2 unspecified atom stereocenters. The molecule has 0 saturated heterocycles. The maximum Gasteiger partial charge on any atom is 0.256 e. The third-order valence-corrected chi connectivity index (χ3v) is 6.91. The quantitative estimate of drug-likeness (QED) is 0.158. The van der Waals surface area contributed by atoms with Gasteiger partial charge in [-0.25, -0.2) is 0 Å². The van der Waals surface area contributed by atoms with Gasteiger partial charge in [0.25, 0.3) is 11.8 Å². The molecule has 0 heterocycles. The molecular weight excluding hydrogens is 699 g/mol. The van der Waals surface area contributed by atoms with Crippen molar-refractivity contribution in [3.8, 4) is 0 Å². The topological polar surface area (TPSA) is 156 Å². The number of hydrogen-bond donors (Lipinski definition) is 6. The number of nitrogens with one attached hydrogen (secondary N) is 1. The van der Waals surface area contributed by atoms with Crippen molar-refractivity contribution in [3.63, 3.8) is 0 Å². The van der Waals surface area contributed by atoms with Gasteiger partial charge in [0.2, 0.25) is 0 Å². The highest BCUT2D eigenvalue weighted by atomic mass is 127. The zero-order valence-electron chi connectivity index (χ0n) is 14.2. The number of nitrogens with two attached hydrogens (primary N) is 1. The van der Waals surface area contributed by atoms with E-state index in [9.17, 15) is 19.8 Å². The SMILES string of the molecule is CNC(=O)c1c(I)c(N)c(I)c(C(=O)N(CC(O)CO)CC(O)CO)c1I. The number of rotatable bonds is 8. The Hall–Kier alpha value is -0.0100. The molecule has 0 spiro atoms. The Morgan fingerprint density at radius 2 is 1.44 bits per heavy atom. The number of aliphatic hydroxyl groups is 4. The van der Waals surface area contributed by atoms with E-state index in [2.05, 4.69) is 5.32 Å². The zero-order valence-corrected chi connectivity index (χ0v) is 20.7. The highest BCUT2D eigenvalue weighted by molar-refractivity contribution is 14.1. The highest BCUT2D eigenvalue weighted by Crippen LogP contribution is 2.34. The fourth-order valence-electron chi connectivity index (χ4n) is 2.22. The van der Waals surface area contributed by atoms with Crippen molar-refractivity contribution in [3.05, 3.63) is 21.8 Å². The normalized spacial score (nSPS) is 13.2. The van der Waals surface area contributed by atoms with Gasteiger partial charge in [0.15, 0.2) is 0 Å². The van der Waals surface area contributed by atoms with E-state index in [4.69, 9.17) is 15.9 Å². The number of hydrogen-bond acceptors (Lipinski definition) is 7. The number of carbonyl (C=O) groups is 2. The van der Waals surface area contributed by atoms with E-state index in [1.807, 2.05) is 67.8 Å². The van der Waals surface area contributed by atoms with Gasteiger partial charge < -0.3 is 36.4 Å². The van der Waals surface area contributed by atoms with Gasteiger partial charge in [-0.05, 0) is 67.8 Å². The van der Waals surface area contributed by atoms with Crippen molar-refractivity contribution < 1.29 is 30.0 Å². The molecular formula is C15H20I3N3O6. The summed E-state index contributed by atoms with van der Waals surface area (Å²) < 4.78 is 1.32. The summed E-state index contributed by atoms with van der Waals surface area (Å²) in [6.07, 6.45) is -2.45. The molecule has 27 heavy (non-hydrogen) atoms. The molecule has 12 heteroatoms. The Balaban J connectivity index is 3.52. The Bertz CT molecular complexity index is 707. The van der Waals surface area contributed by atoms with E-state index >= 15 is 0 Å². The lowest BCUT2D eigenvalue weighted by atomic mass is 10.1. The van der Waals surface area contributed by atoms with Crippen LogP contribution in [-0.4, -0.2) is 82.7 Å². The Kier molecular flexibility index (Phi) is 10.4. The van der Waals surface area contributed by atoms with E-state index in [0.717, 1.165) is 4.90 Å². The average Bonchev–Trinajstić information content (AvgIpc) is 2.65. The molecule has 0 bridgehead atoms. The Labute approximate surface area is 197 Å². The van der Waals surface area contributed by atoms with Crippen LogP contribution in [0.25, 0.3) is 0 Å². The molecule has 0 aliphatic rings. The summed E-state index contributed by atoms with van der Waals surface area (Å²) in [6.45, 7) is -1.68. The molecule has 1 aromatic rings. The van der Waals surface area contributed by atoms with Gasteiger partial charge in [0, 0.05) is 23.7 Å². The highest BCUT2D eigenvalue weighted by Gasteiger charge is 2.30. The lowest BCUT2D eigenvalue weighted by Crippen LogP contribution is -2.44. The van der Waals surface area contributed by atoms with Crippen LogP contribution in [0.5, 0.6) is 0 Å². The first-order valence-electron chi connectivity index (χ1n) is 7.65. The number of halogens is 3. The molecule has 0 aromatic heterocycles. The molecule has 152 valence electrons. The molecule has 2 amide bonds. The number of benzene rings is 1. The number of carbonyl (C=O) groups excluding carboxylic acids is 2. The van der Waals surface area contributed by atoms with Crippen molar-refractivity contribution in [2.75, 3.05) is 39.1 Å². The molecule has 0 aliphatic carbocycles. The summed E-state index contributed by atoms with van der Waals surface area (Å²) in [5, 5.41) is 40.2. The Morgan fingerprint density at radius 1 is 1.00 bits per heavy atom. The van der Waals surface area contributed by atoms with E-state index in [1.165, 1.54) is 7.05 Å². The second-order valence-corrected chi connectivity index (χ2v) is 8.80. The minimum Gasteiger partial charge on any atom is -0.397 e. The minimum atomic E-state index is -1.23. The van der Waals surface area contributed by atoms with Crippen molar-refractivity contribution >= 4 is 85.3 Å².